The van der Waals surface area contributed by atoms with Crippen molar-refractivity contribution >= 4 is 17.3 Å². The van der Waals surface area contributed by atoms with Crippen LogP contribution in [0.25, 0.3) is 0 Å². The maximum atomic E-state index is 13.4. The highest BCUT2D eigenvalue weighted by atomic mass is 19.1. The Morgan fingerprint density at radius 3 is 2.72 bits per heavy atom. The van der Waals surface area contributed by atoms with Crippen LogP contribution in [-0.4, -0.2) is 33.3 Å². The van der Waals surface area contributed by atoms with Gasteiger partial charge in [0.15, 0.2) is 11.4 Å². The molecule has 0 aliphatic rings. The number of carboxylic acids is 1. The summed E-state index contributed by atoms with van der Waals surface area (Å²) in [5, 5.41) is 31.0. The molecule has 0 aromatic heterocycles. The van der Waals surface area contributed by atoms with Gasteiger partial charge in [-0.2, -0.15) is 0 Å². The molecular formula is C10H11FN2O5. The SMILES string of the molecule is CC(O)(CNc1c(F)cccc1[N+](=O)[O-])C(=O)O. The highest BCUT2D eigenvalue weighted by molar-refractivity contribution is 5.77. The Balaban J connectivity index is 2.98. The minimum atomic E-state index is -2.16. The van der Waals surface area contributed by atoms with Gasteiger partial charge in [0.25, 0.3) is 5.69 Å². The Bertz CT molecular complexity index is 489. The zero-order valence-electron chi connectivity index (χ0n) is 9.38. The van der Waals surface area contributed by atoms with Crippen LogP contribution in [0.1, 0.15) is 6.92 Å². The summed E-state index contributed by atoms with van der Waals surface area (Å²) in [7, 11) is 0. The minimum Gasteiger partial charge on any atom is -0.479 e. The van der Waals surface area contributed by atoms with E-state index >= 15 is 0 Å². The summed E-state index contributed by atoms with van der Waals surface area (Å²) in [5.41, 5.74) is -3.14. The van der Waals surface area contributed by atoms with Crippen LogP contribution in [0.2, 0.25) is 0 Å². The molecule has 7 nitrogen and oxygen atoms in total. The molecule has 8 heteroatoms. The number of hydrogen-bond acceptors (Lipinski definition) is 5. The Kier molecular flexibility index (Phi) is 3.82. The monoisotopic (exact) mass is 258 g/mol. The Hall–Kier alpha value is -2.22. The summed E-state index contributed by atoms with van der Waals surface area (Å²) in [4.78, 5) is 20.5. The molecule has 1 unspecified atom stereocenters. The summed E-state index contributed by atoms with van der Waals surface area (Å²) < 4.78 is 13.4. The number of nitrogens with zero attached hydrogens (tertiary/aromatic N) is 1. The number of carbonyl (C=O) groups is 1. The van der Waals surface area contributed by atoms with Gasteiger partial charge < -0.3 is 15.5 Å². The molecule has 1 rings (SSSR count). The van der Waals surface area contributed by atoms with Crippen LogP contribution in [0.5, 0.6) is 0 Å². The van der Waals surface area contributed by atoms with E-state index < -0.39 is 40.2 Å². The molecule has 0 spiro atoms. The first-order chi connectivity index (χ1) is 8.25. The average molecular weight is 258 g/mol. The van der Waals surface area contributed by atoms with Gasteiger partial charge in [0, 0.05) is 6.07 Å². The standard InChI is InChI=1S/C10H11FN2O5/c1-10(16,9(14)15)5-12-8-6(11)3-2-4-7(8)13(17)18/h2-4,12,16H,5H2,1H3,(H,14,15). The lowest BCUT2D eigenvalue weighted by Crippen LogP contribution is -2.42. The number of halogens is 1. The van der Waals surface area contributed by atoms with Crippen molar-refractivity contribution in [2.24, 2.45) is 0 Å². The molecule has 0 radical (unpaired) electrons. The summed E-state index contributed by atoms with van der Waals surface area (Å²) in [6.07, 6.45) is 0. The fourth-order valence-electron chi connectivity index (χ4n) is 1.18. The van der Waals surface area contributed by atoms with E-state index in [1.54, 1.807) is 0 Å². The predicted octanol–water partition coefficient (Wildman–Crippen LogP) is 0.981. The number of para-hydroxylation sites is 1. The molecule has 0 aliphatic heterocycles. The number of nitro benzene ring substituents is 1. The van der Waals surface area contributed by atoms with Gasteiger partial charge >= 0.3 is 5.97 Å². The van der Waals surface area contributed by atoms with E-state index in [0.717, 1.165) is 25.1 Å². The van der Waals surface area contributed by atoms with Gasteiger partial charge in [-0.1, -0.05) is 6.07 Å². The molecule has 0 bridgehead atoms. The Labute approximate surface area is 101 Å². The molecule has 0 saturated heterocycles. The topological polar surface area (TPSA) is 113 Å². The summed E-state index contributed by atoms with van der Waals surface area (Å²) in [6.45, 7) is 0.430. The summed E-state index contributed by atoms with van der Waals surface area (Å²) >= 11 is 0. The van der Waals surface area contributed by atoms with Crippen LogP contribution in [0, 0.1) is 15.9 Å². The van der Waals surface area contributed by atoms with Crippen LogP contribution in [0.3, 0.4) is 0 Å². The van der Waals surface area contributed by atoms with Crippen molar-refractivity contribution in [1.29, 1.82) is 0 Å². The van der Waals surface area contributed by atoms with Gasteiger partial charge in [0.1, 0.15) is 5.69 Å². The van der Waals surface area contributed by atoms with E-state index in [-0.39, 0.29) is 0 Å². The normalized spacial score (nSPS) is 13.7. The van der Waals surface area contributed by atoms with Crippen molar-refractivity contribution < 1.29 is 24.3 Å². The number of rotatable bonds is 5. The first-order valence-corrected chi connectivity index (χ1v) is 4.88. The molecule has 98 valence electrons. The second-order valence-corrected chi connectivity index (χ2v) is 3.82. The van der Waals surface area contributed by atoms with E-state index in [4.69, 9.17) is 5.11 Å². The number of carboxylic acid groups (broad SMARTS) is 1. The number of benzene rings is 1. The summed E-state index contributed by atoms with van der Waals surface area (Å²) in [5.74, 6) is -2.42. The third-order valence-electron chi connectivity index (χ3n) is 2.26. The molecule has 1 aromatic rings. The van der Waals surface area contributed by atoms with Gasteiger partial charge in [-0.15, -0.1) is 0 Å². The van der Waals surface area contributed by atoms with Crippen molar-refractivity contribution in [2.45, 2.75) is 12.5 Å². The van der Waals surface area contributed by atoms with Crippen molar-refractivity contribution in [3.8, 4) is 0 Å². The predicted molar refractivity (Wildman–Crippen MR) is 59.8 cm³/mol. The van der Waals surface area contributed by atoms with Gasteiger partial charge in [-0.25, -0.2) is 9.18 Å². The fraction of sp³-hybridized carbons (Fsp3) is 0.300. The summed E-state index contributed by atoms with van der Waals surface area (Å²) in [6, 6.07) is 3.22. The second kappa shape index (κ2) is 4.96. The van der Waals surface area contributed by atoms with Gasteiger partial charge in [0.05, 0.1) is 11.5 Å². The number of nitrogens with one attached hydrogen (secondary N) is 1. The minimum absolute atomic E-state index is 0.455. The second-order valence-electron chi connectivity index (χ2n) is 3.82. The van der Waals surface area contributed by atoms with E-state index in [1.165, 1.54) is 0 Å². The number of hydrogen-bond donors (Lipinski definition) is 3. The molecule has 0 heterocycles. The van der Waals surface area contributed by atoms with E-state index in [0.29, 0.717) is 0 Å². The third kappa shape index (κ3) is 2.92. The zero-order chi connectivity index (χ0) is 13.9. The first kappa shape index (κ1) is 13.8. The number of nitro groups is 1. The zero-order valence-corrected chi connectivity index (χ0v) is 9.38. The highest BCUT2D eigenvalue weighted by Gasteiger charge is 2.31. The first-order valence-electron chi connectivity index (χ1n) is 4.88. The van der Waals surface area contributed by atoms with Crippen LogP contribution in [0.4, 0.5) is 15.8 Å². The number of anilines is 1. The van der Waals surface area contributed by atoms with Crippen molar-refractivity contribution in [2.75, 3.05) is 11.9 Å². The van der Waals surface area contributed by atoms with Crippen LogP contribution >= 0.6 is 0 Å². The number of aliphatic hydroxyl groups is 1. The van der Waals surface area contributed by atoms with Crippen LogP contribution in [0.15, 0.2) is 18.2 Å². The molecule has 0 fully saturated rings. The molecular weight excluding hydrogens is 247 g/mol. The van der Waals surface area contributed by atoms with Gasteiger partial charge in [-0.3, -0.25) is 10.1 Å². The molecule has 0 saturated carbocycles. The molecule has 1 aromatic carbocycles. The molecule has 0 aliphatic carbocycles. The lowest BCUT2D eigenvalue weighted by molar-refractivity contribution is -0.384. The van der Waals surface area contributed by atoms with Crippen molar-refractivity contribution in [3.05, 3.63) is 34.1 Å². The maximum Gasteiger partial charge on any atom is 0.337 e. The average Bonchev–Trinajstić information content (AvgIpc) is 2.26. The van der Waals surface area contributed by atoms with E-state index in [2.05, 4.69) is 5.32 Å². The van der Waals surface area contributed by atoms with E-state index in [1.807, 2.05) is 0 Å². The highest BCUT2D eigenvalue weighted by Crippen LogP contribution is 2.27. The van der Waals surface area contributed by atoms with Crippen molar-refractivity contribution in [1.82, 2.24) is 0 Å². The molecule has 18 heavy (non-hydrogen) atoms. The third-order valence-corrected chi connectivity index (χ3v) is 2.26. The fourth-order valence-corrected chi connectivity index (χ4v) is 1.18. The Morgan fingerprint density at radius 2 is 2.22 bits per heavy atom. The Morgan fingerprint density at radius 1 is 1.61 bits per heavy atom. The van der Waals surface area contributed by atoms with Gasteiger partial charge in [-0.05, 0) is 13.0 Å². The van der Waals surface area contributed by atoms with Crippen LogP contribution in [-0.2, 0) is 4.79 Å². The van der Waals surface area contributed by atoms with Crippen molar-refractivity contribution in [3.63, 3.8) is 0 Å². The molecule has 1 atom stereocenters. The lowest BCUT2D eigenvalue weighted by atomic mass is 10.1. The smallest absolute Gasteiger partial charge is 0.337 e. The number of aliphatic carboxylic acids is 1. The molecule has 3 N–H and O–H groups in total. The molecule has 0 amide bonds. The van der Waals surface area contributed by atoms with E-state index in [9.17, 15) is 24.4 Å². The van der Waals surface area contributed by atoms with Gasteiger partial charge in [0.2, 0.25) is 0 Å². The quantitative estimate of drug-likeness (QED) is 0.536. The maximum absolute atomic E-state index is 13.4. The largest absolute Gasteiger partial charge is 0.479 e. The lowest BCUT2D eigenvalue weighted by Gasteiger charge is -2.19. The van der Waals surface area contributed by atoms with Crippen LogP contribution < -0.4 is 5.32 Å².